The highest BCUT2D eigenvalue weighted by atomic mass is 16.1. The van der Waals surface area contributed by atoms with E-state index in [-0.39, 0.29) is 5.78 Å². The van der Waals surface area contributed by atoms with Crippen LogP contribution in [0.3, 0.4) is 0 Å². The molecule has 0 amide bonds. The van der Waals surface area contributed by atoms with Gasteiger partial charge in [-0.3, -0.25) is 4.79 Å². The number of Topliss-reactive ketones (excluding diaryl/α,β-unsaturated/α-hetero) is 1. The lowest BCUT2D eigenvalue weighted by molar-refractivity contribution is 0.0990. The van der Waals surface area contributed by atoms with Gasteiger partial charge in [0.25, 0.3) is 0 Å². The first kappa shape index (κ1) is 7.88. The molecule has 13 heavy (non-hydrogen) atoms. The maximum absolute atomic E-state index is 11.4. The molecule has 1 aromatic rings. The first-order chi connectivity index (χ1) is 6.31. The van der Waals surface area contributed by atoms with Crippen LogP contribution in [-0.4, -0.2) is 5.78 Å². The molecule has 0 bridgehead atoms. The molecule has 1 aliphatic rings. The Labute approximate surface area is 77.0 Å². The topological polar surface area (TPSA) is 29.1 Å². The minimum Gasteiger partial charge on any atom is -0.374 e. The van der Waals surface area contributed by atoms with Gasteiger partial charge in [-0.05, 0) is 18.2 Å². The standard InChI is InChI=1S/C11H7NO/c1-2-8-3-4-10-9(7-8)11(13)5-6-12-10/h1,3-4,7,12H,5H2. The summed E-state index contributed by atoms with van der Waals surface area (Å²) in [7, 11) is 0. The summed E-state index contributed by atoms with van der Waals surface area (Å²) in [5.74, 6) is 2.56. The molecule has 2 rings (SSSR count). The van der Waals surface area contributed by atoms with Gasteiger partial charge >= 0.3 is 0 Å². The van der Waals surface area contributed by atoms with E-state index in [0.29, 0.717) is 12.0 Å². The van der Waals surface area contributed by atoms with Crippen LogP contribution in [0.15, 0.2) is 18.2 Å². The van der Waals surface area contributed by atoms with Gasteiger partial charge in [0.1, 0.15) is 0 Å². The summed E-state index contributed by atoms with van der Waals surface area (Å²) in [5, 5.41) is 2.90. The van der Waals surface area contributed by atoms with Crippen molar-refractivity contribution < 1.29 is 4.79 Å². The van der Waals surface area contributed by atoms with Crippen molar-refractivity contribution in [1.29, 1.82) is 0 Å². The second-order valence-corrected chi connectivity index (χ2v) is 2.81. The average molecular weight is 169 g/mol. The van der Waals surface area contributed by atoms with E-state index in [1.54, 1.807) is 18.2 Å². The van der Waals surface area contributed by atoms with Gasteiger partial charge in [-0.15, -0.1) is 6.42 Å². The third-order valence-electron chi connectivity index (χ3n) is 1.96. The molecule has 62 valence electrons. The minimum atomic E-state index is 0.0610. The maximum atomic E-state index is 11.4. The number of carbonyl (C=O) groups is 1. The van der Waals surface area contributed by atoms with Crippen LogP contribution in [0.25, 0.3) is 0 Å². The van der Waals surface area contributed by atoms with Crippen molar-refractivity contribution in [1.82, 2.24) is 0 Å². The summed E-state index contributed by atoms with van der Waals surface area (Å²) >= 11 is 0. The highest BCUT2D eigenvalue weighted by Gasteiger charge is 2.16. The first-order valence-electron chi connectivity index (χ1n) is 3.94. The first-order valence-corrected chi connectivity index (χ1v) is 3.94. The summed E-state index contributed by atoms with van der Waals surface area (Å²) in [6, 6.07) is 5.33. The molecule has 2 radical (unpaired) electrons. The van der Waals surface area contributed by atoms with Crippen molar-refractivity contribution in [3.63, 3.8) is 0 Å². The molecule has 0 atom stereocenters. The normalized spacial score (nSPS) is 14.2. The van der Waals surface area contributed by atoms with Crippen molar-refractivity contribution in [3.05, 3.63) is 35.9 Å². The van der Waals surface area contributed by atoms with Crippen molar-refractivity contribution in [2.75, 3.05) is 5.32 Å². The molecule has 0 saturated heterocycles. The molecule has 0 fully saturated rings. The number of carbonyl (C=O) groups excluding carboxylic acids is 1. The Morgan fingerprint density at radius 2 is 2.38 bits per heavy atom. The van der Waals surface area contributed by atoms with Gasteiger partial charge in [0.2, 0.25) is 0 Å². The summed E-state index contributed by atoms with van der Waals surface area (Å²) in [6.45, 7) is 2.78. The van der Waals surface area contributed by atoms with Gasteiger partial charge in [-0.25, -0.2) is 0 Å². The number of terminal acetylenes is 1. The Morgan fingerprint density at radius 3 is 3.15 bits per heavy atom. The average Bonchev–Trinajstić information content (AvgIpc) is 2.18. The lowest BCUT2D eigenvalue weighted by atomic mass is 10.00. The summed E-state index contributed by atoms with van der Waals surface area (Å²) in [4.78, 5) is 11.4. The van der Waals surface area contributed by atoms with Crippen LogP contribution >= 0.6 is 0 Å². The number of fused-ring (bicyclic) bond motifs is 1. The highest BCUT2D eigenvalue weighted by molar-refractivity contribution is 6.04. The molecule has 1 aliphatic heterocycles. The van der Waals surface area contributed by atoms with E-state index in [2.05, 4.69) is 17.8 Å². The third kappa shape index (κ3) is 1.29. The number of rotatable bonds is 0. The number of benzene rings is 1. The van der Waals surface area contributed by atoms with Gasteiger partial charge in [-0.2, -0.15) is 0 Å². The number of anilines is 1. The summed E-state index contributed by atoms with van der Waals surface area (Å²) < 4.78 is 0. The predicted octanol–water partition coefficient (Wildman–Crippen LogP) is 1.70. The lowest BCUT2D eigenvalue weighted by Crippen LogP contribution is -2.13. The Bertz CT molecular complexity index is 401. The van der Waals surface area contributed by atoms with Crippen molar-refractivity contribution >= 4 is 11.5 Å². The number of hydrogen-bond acceptors (Lipinski definition) is 2. The Morgan fingerprint density at radius 1 is 1.54 bits per heavy atom. The molecule has 1 N–H and O–H groups in total. The van der Waals surface area contributed by atoms with E-state index >= 15 is 0 Å². The molecule has 1 aromatic carbocycles. The van der Waals surface area contributed by atoms with Gasteiger partial charge in [0.15, 0.2) is 5.78 Å². The molecule has 0 spiro atoms. The maximum Gasteiger partial charge on any atom is 0.167 e. The van der Waals surface area contributed by atoms with E-state index in [1.807, 2.05) is 0 Å². The quantitative estimate of drug-likeness (QED) is 0.599. The zero-order valence-corrected chi connectivity index (χ0v) is 6.92. The van der Waals surface area contributed by atoms with Gasteiger partial charge in [-0.1, -0.05) is 5.92 Å². The largest absolute Gasteiger partial charge is 0.374 e. The van der Waals surface area contributed by atoms with Crippen LogP contribution in [0.1, 0.15) is 22.3 Å². The molecule has 2 heteroatoms. The van der Waals surface area contributed by atoms with Gasteiger partial charge in [0.05, 0.1) is 6.54 Å². The van der Waals surface area contributed by atoms with Crippen LogP contribution in [0.2, 0.25) is 0 Å². The summed E-state index contributed by atoms with van der Waals surface area (Å²) in [6.07, 6.45) is 5.54. The molecule has 0 aromatic heterocycles. The summed E-state index contributed by atoms with van der Waals surface area (Å²) in [5.41, 5.74) is 2.18. The Kier molecular flexibility index (Phi) is 1.79. The molecule has 0 saturated carbocycles. The smallest absolute Gasteiger partial charge is 0.167 e. The fraction of sp³-hybridized carbons (Fsp3) is 0.0909. The van der Waals surface area contributed by atoms with E-state index in [9.17, 15) is 4.79 Å². The third-order valence-corrected chi connectivity index (χ3v) is 1.96. The molecule has 1 heterocycles. The molecular formula is C11H7NO. The highest BCUT2D eigenvalue weighted by Crippen LogP contribution is 2.23. The second-order valence-electron chi connectivity index (χ2n) is 2.81. The zero-order valence-electron chi connectivity index (χ0n) is 6.92. The minimum absolute atomic E-state index is 0.0610. The van der Waals surface area contributed by atoms with Crippen molar-refractivity contribution in [2.45, 2.75) is 6.42 Å². The van der Waals surface area contributed by atoms with Crippen LogP contribution < -0.4 is 5.32 Å². The fourth-order valence-corrected chi connectivity index (χ4v) is 1.29. The monoisotopic (exact) mass is 169 g/mol. The molecule has 0 unspecified atom stereocenters. The van der Waals surface area contributed by atoms with Crippen LogP contribution in [-0.2, 0) is 0 Å². The Hall–Kier alpha value is -1.75. The van der Waals surface area contributed by atoms with E-state index in [4.69, 9.17) is 6.42 Å². The lowest BCUT2D eigenvalue weighted by Gasteiger charge is -2.15. The number of nitrogens with one attached hydrogen (secondary N) is 1. The number of ketones is 1. The van der Waals surface area contributed by atoms with Crippen LogP contribution in [0.4, 0.5) is 5.69 Å². The second kappa shape index (κ2) is 2.95. The van der Waals surface area contributed by atoms with Gasteiger partial charge in [0, 0.05) is 23.2 Å². The van der Waals surface area contributed by atoms with E-state index < -0.39 is 0 Å². The number of hydrogen-bond donors (Lipinski definition) is 1. The van der Waals surface area contributed by atoms with E-state index in [1.165, 1.54) is 0 Å². The zero-order chi connectivity index (χ0) is 9.26. The van der Waals surface area contributed by atoms with Crippen molar-refractivity contribution in [3.8, 4) is 12.3 Å². The predicted molar refractivity (Wildman–Crippen MR) is 50.2 cm³/mol. The Balaban J connectivity index is 2.55. The SMILES string of the molecule is C#Cc1ccc2c(c1)C(=O)C[C]N2. The van der Waals surface area contributed by atoms with E-state index in [0.717, 1.165) is 11.3 Å². The van der Waals surface area contributed by atoms with Crippen LogP contribution in [0.5, 0.6) is 0 Å². The fourth-order valence-electron chi connectivity index (χ4n) is 1.29. The van der Waals surface area contributed by atoms with Crippen LogP contribution in [0, 0.1) is 18.9 Å². The van der Waals surface area contributed by atoms with Gasteiger partial charge < -0.3 is 5.32 Å². The van der Waals surface area contributed by atoms with Crippen molar-refractivity contribution in [2.24, 2.45) is 0 Å². The molecule has 2 nitrogen and oxygen atoms in total. The molecule has 0 aliphatic carbocycles. The molecular weight excluding hydrogens is 162 g/mol.